The summed E-state index contributed by atoms with van der Waals surface area (Å²) in [6.45, 7) is 1.07. The number of anilines is 1. The van der Waals surface area contributed by atoms with Gasteiger partial charge in [-0.3, -0.25) is 14.9 Å². The molecular weight excluding hydrogens is 248 g/mol. The molecule has 1 fully saturated rings. The molecule has 0 bridgehead atoms. The summed E-state index contributed by atoms with van der Waals surface area (Å²) in [6.07, 6.45) is 1.72. The lowest BCUT2D eigenvalue weighted by Crippen LogP contribution is -2.45. The van der Waals surface area contributed by atoms with Crippen LogP contribution in [0.2, 0.25) is 0 Å². The summed E-state index contributed by atoms with van der Waals surface area (Å²) in [4.78, 5) is 24.1. The Labute approximate surface area is 110 Å². The van der Waals surface area contributed by atoms with Crippen molar-refractivity contribution in [1.82, 2.24) is 4.90 Å². The van der Waals surface area contributed by atoms with E-state index in [0.29, 0.717) is 13.1 Å². The van der Waals surface area contributed by atoms with E-state index in [1.807, 2.05) is 0 Å². The number of carbonyl (C=O) groups is 1. The fraction of sp³-hybridized carbons (Fsp3) is 0.417. The van der Waals surface area contributed by atoms with Crippen molar-refractivity contribution in [3.05, 3.63) is 33.9 Å². The number of rotatable bonds is 2. The smallest absolute Gasteiger partial charge is 0.292 e. The number of carbonyl (C=O) groups excluding carboxylic acids is 1. The van der Waals surface area contributed by atoms with Crippen LogP contribution in [-0.4, -0.2) is 34.9 Å². The molecule has 1 amide bonds. The zero-order valence-corrected chi connectivity index (χ0v) is 10.4. The second-order valence-electron chi connectivity index (χ2n) is 4.65. The normalized spacial score (nSPS) is 19.2. The number of hydrogen-bond donors (Lipinski definition) is 2. The topological polar surface area (TPSA) is 115 Å². The van der Waals surface area contributed by atoms with Crippen molar-refractivity contribution in [2.45, 2.75) is 18.9 Å². The summed E-state index contributed by atoms with van der Waals surface area (Å²) in [7, 11) is 0. The van der Waals surface area contributed by atoms with Gasteiger partial charge >= 0.3 is 0 Å². The summed E-state index contributed by atoms with van der Waals surface area (Å²) < 4.78 is 0. The number of hydrogen-bond acceptors (Lipinski definition) is 5. The molecule has 2 rings (SSSR count). The number of nitrogens with zero attached hydrogens (tertiary/aromatic N) is 2. The van der Waals surface area contributed by atoms with Gasteiger partial charge in [0.1, 0.15) is 5.69 Å². The molecule has 7 nitrogen and oxygen atoms in total. The van der Waals surface area contributed by atoms with Crippen LogP contribution in [0.15, 0.2) is 18.2 Å². The molecule has 1 heterocycles. The molecule has 0 spiro atoms. The van der Waals surface area contributed by atoms with Gasteiger partial charge in [-0.1, -0.05) is 6.07 Å². The third-order valence-electron chi connectivity index (χ3n) is 3.26. The van der Waals surface area contributed by atoms with E-state index in [1.54, 1.807) is 4.90 Å². The van der Waals surface area contributed by atoms with Crippen LogP contribution in [0.25, 0.3) is 0 Å². The van der Waals surface area contributed by atoms with Gasteiger partial charge in [-0.25, -0.2) is 0 Å². The summed E-state index contributed by atoms with van der Waals surface area (Å²) >= 11 is 0. The summed E-state index contributed by atoms with van der Waals surface area (Å²) in [5.41, 5.74) is 11.4. The highest BCUT2D eigenvalue weighted by molar-refractivity contribution is 6.01. The first-order valence-corrected chi connectivity index (χ1v) is 6.08. The highest BCUT2D eigenvalue weighted by Gasteiger charge is 2.26. The number of likely N-dealkylation sites (tertiary alicyclic amines) is 1. The second kappa shape index (κ2) is 5.23. The van der Waals surface area contributed by atoms with Crippen LogP contribution in [0.5, 0.6) is 0 Å². The van der Waals surface area contributed by atoms with Crippen molar-refractivity contribution < 1.29 is 9.72 Å². The fourth-order valence-electron chi connectivity index (χ4n) is 2.26. The monoisotopic (exact) mass is 264 g/mol. The van der Waals surface area contributed by atoms with Crippen molar-refractivity contribution in [2.75, 3.05) is 18.8 Å². The molecule has 7 heteroatoms. The Balaban J connectivity index is 2.28. The molecule has 1 aromatic carbocycles. The fourth-order valence-corrected chi connectivity index (χ4v) is 2.26. The standard InChI is InChI=1S/C12H16N4O3/c13-8-3-2-6-15(7-8)12(17)9-4-1-5-10(11(9)14)16(18)19/h1,4-5,8H,2-3,6-7,13-14H2. The lowest BCUT2D eigenvalue weighted by Gasteiger charge is -2.31. The molecule has 0 aromatic heterocycles. The van der Waals surface area contributed by atoms with Crippen molar-refractivity contribution in [3.63, 3.8) is 0 Å². The average molecular weight is 264 g/mol. The SMILES string of the molecule is Nc1c(C(=O)N2CCCC(N)C2)cccc1[N+](=O)[O-]. The lowest BCUT2D eigenvalue weighted by atomic mass is 10.0. The van der Waals surface area contributed by atoms with Crippen molar-refractivity contribution in [2.24, 2.45) is 5.73 Å². The molecule has 1 saturated heterocycles. The number of benzene rings is 1. The van der Waals surface area contributed by atoms with Crippen molar-refractivity contribution in [3.8, 4) is 0 Å². The van der Waals surface area contributed by atoms with Crippen LogP contribution in [0.3, 0.4) is 0 Å². The highest BCUT2D eigenvalue weighted by atomic mass is 16.6. The molecule has 0 radical (unpaired) electrons. The van der Waals surface area contributed by atoms with E-state index in [0.717, 1.165) is 12.8 Å². The van der Waals surface area contributed by atoms with Crippen molar-refractivity contribution >= 4 is 17.3 Å². The Hall–Kier alpha value is -2.15. The zero-order valence-electron chi connectivity index (χ0n) is 10.4. The maximum atomic E-state index is 12.3. The van der Waals surface area contributed by atoms with Gasteiger partial charge in [0.2, 0.25) is 0 Å². The van der Waals surface area contributed by atoms with Crippen LogP contribution in [0.1, 0.15) is 23.2 Å². The summed E-state index contributed by atoms with van der Waals surface area (Å²) in [5.74, 6) is -0.295. The predicted octanol–water partition coefficient (Wildman–Crippen LogP) is 0.740. The van der Waals surface area contributed by atoms with Crippen LogP contribution >= 0.6 is 0 Å². The Morgan fingerprint density at radius 3 is 2.84 bits per heavy atom. The second-order valence-corrected chi connectivity index (χ2v) is 4.65. The lowest BCUT2D eigenvalue weighted by molar-refractivity contribution is -0.383. The van der Waals surface area contributed by atoms with Crippen LogP contribution in [0, 0.1) is 10.1 Å². The van der Waals surface area contributed by atoms with E-state index in [2.05, 4.69) is 0 Å². The minimum atomic E-state index is -0.589. The number of nitro benzene ring substituents is 1. The van der Waals surface area contributed by atoms with Crippen molar-refractivity contribution in [1.29, 1.82) is 0 Å². The third kappa shape index (κ3) is 2.65. The van der Waals surface area contributed by atoms with Gasteiger partial charge in [-0.2, -0.15) is 0 Å². The van der Waals surface area contributed by atoms with Crippen LogP contribution in [0.4, 0.5) is 11.4 Å². The molecule has 4 N–H and O–H groups in total. The van der Waals surface area contributed by atoms with Gasteiger partial charge in [-0.05, 0) is 18.9 Å². The molecule has 1 aliphatic heterocycles. The Morgan fingerprint density at radius 1 is 1.47 bits per heavy atom. The first-order valence-electron chi connectivity index (χ1n) is 6.08. The number of nitrogens with two attached hydrogens (primary N) is 2. The summed E-state index contributed by atoms with van der Waals surface area (Å²) in [5, 5.41) is 10.8. The van der Waals surface area contributed by atoms with Gasteiger partial charge in [0.05, 0.1) is 10.5 Å². The maximum Gasteiger partial charge on any atom is 0.292 e. The largest absolute Gasteiger partial charge is 0.393 e. The molecular formula is C12H16N4O3. The molecule has 1 aromatic rings. The first-order chi connectivity index (χ1) is 9.00. The van der Waals surface area contributed by atoms with E-state index in [4.69, 9.17) is 11.5 Å². The maximum absolute atomic E-state index is 12.3. The average Bonchev–Trinajstić information content (AvgIpc) is 2.38. The van der Waals surface area contributed by atoms with Gasteiger partial charge in [-0.15, -0.1) is 0 Å². The minimum Gasteiger partial charge on any atom is -0.393 e. The molecule has 1 unspecified atom stereocenters. The number of nitro groups is 1. The van der Waals surface area contributed by atoms with E-state index >= 15 is 0 Å². The number of para-hydroxylation sites is 1. The molecule has 1 aliphatic rings. The Bertz CT molecular complexity index is 518. The Kier molecular flexibility index (Phi) is 3.66. The van der Waals surface area contributed by atoms with Crippen LogP contribution in [-0.2, 0) is 0 Å². The molecule has 1 atom stereocenters. The third-order valence-corrected chi connectivity index (χ3v) is 3.26. The zero-order chi connectivity index (χ0) is 14.0. The van der Waals surface area contributed by atoms with Gasteiger partial charge < -0.3 is 16.4 Å². The number of amides is 1. The predicted molar refractivity (Wildman–Crippen MR) is 70.6 cm³/mol. The van der Waals surface area contributed by atoms with E-state index < -0.39 is 4.92 Å². The minimum absolute atomic E-state index is 0.0439. The number of piperidine rings is 1. The van der Waals surface area contributed by atoms with Crippen LogP contribution < -0.4 is 11.5 Å². The molecule has 102 valence electrons. The van der Waals surface area contributed by atoms with E-state index in [9.17, 15) is 14.9 Å². The van der Waals surface area contributed by atoms with Gasteiger partial charge in [0.25, 0.3) is 11.6 Å². The van der Waals surface area contributed by atoms with Gasteiger partial charge in [0.15, 0.2) is 0 Å². The Morgan fingerprint density at radius 2 is 2.21 bits per heavy atom. The highest BCUT2D eigenvalue weighted by Crippen LogP contribution is 2.26. The van der Waals surface area contributed by atoms with E-state index in [1.165, 1.54) is 18.2 Å². The molecule has 0 saturated carbocycles. The molecule has 19 heavy (non-hydrogen) atoms. The quantitative estimate of drug-likeness (QED) is 0.464. The molecule has 0 aliphatic carbocycles. The number of nitrogen functional groups attached to an aromatic ring is 1. The van der Waals surface area contributed by atoms with E-state index in [-0.39, 0.29) is 28.9 Å². The van der Waals surface area contributed by atoms with Gasteiger partial charge in [0, 0.05) is 25.2 Å². The summed E-state index contributed by atoms with van der Waals surface area (Å²) in [6, 6.07) is 4.21. The first kappa shape index (κ1) is 13.3.